The van der Waals surface area contributed by atoms with Crippen LogP contribution in [0.2, 0.25) is 0 Å². The molecular weight excluding hydrogens is 595 g/mol. The molecule has 1 aliphatic heterocycles. The number of hydrogen-bond donors (Lipinski definition) is 0. The van der Waals surface area contributed by atoms with E-state index < -0.39 is 17.5 Å². The Bertz CT molecular complexity index is 2110. The van der Waals surface area contributed by atoms with Crippen LogP contribution in [0.5, 0.6) is 6.01 Å². The Morgan fingerprint density at radius 1 is 1.11 bits per heavy atom. The van der Waals surface area contributed by atoms with E-state index in [1.54, 1.807) is 43.1 Å². The van der Waals surface area contributed by atoms with Crippen molar-refractivity contribution >= 4 is 39.5 Å². The highest BCUT2D eigenvalue weighted by atomic mass is 19.1. The maximum Gasteiger partial charge on any atom is 0.318 e. The minimum absolute atomic E-state index is 0.0117. The van der Waals surface area contributed by atoms with E-state index in [4.69, 9.17) is 11.2 Å². The summed E-state index contributed by atoms with van der Waals surface area (Å²) in [5, 5.41) is 1.32. The molecule has 3 aromatic heterocycles. The van der Waals surface area contributed by atoms with E-state index in [0.717, 1.165) is 0 Å². The molecule has 0 N–H and O–H groups in total. The summed E-state index contributed by atoms with van der Waals surface area (Å²) in [6.07, 6.45) is 10.3. The standard InChI is InChI=1S/C34H28F3N7O2/c1-6-22-25(35)11-10-20-8-7-9-23(28(20)22)31-30(37)32-24(16-38-31)33(42-34(41-32)46-5)43(4)21-14-15-44(17-21)27(45)13-12-26-29(36)18(2)39-19(3)40-26/h1,7-13,16,21H,14-15,17H2,2-5H3/b13-12+. The van der Waals surface area contributed by atoms with E-state index in [0.29, 0.717) is 52.9 Å². The third kappa shape index (κ3) is 5.34. The number of aryl methyl sites for hydroxylation is 2. The first-order valence-electron chi connectivity index (χ1n) is 14.4. The maximum absolute atomic E-state index is 16.4. The van der Waals surface area contributed by atoms with Crippen molar-refractivity contribution in [1.29, 1.82) is 0 Å². The Morgan fingerprint density at radius 3 is 2.67 bits per heavy atom. The van der Waals surface area contributed by atoms with Gasteiger partial charge in [0, 0.05) is 49.4 Å². The van der Waals surface area contributed by atoms with Crippen LogP contribution >= 0.6 is 0 Å². The number of methoxy groups -OCH3 is 1. The second-order valence-electron chi connectivity index (χ2n) is 10.9. The molecule has 232 valence electrons. The SMILES string of the molecule is C#Cc1c(F)ccc2cccc(-c3ncc4c(N(C)C5CCN(C(=O)/C=C/c6nc(C)nc(C)c6F)C5)nc(OC)nc4c3F)c12. The van der Waals surface area contributed by atoms with Gasteiger partial charge in [-0.25, -0.2) is 23.1 Å². The van der Waals surface area contributed by atoms with E-state index in [9.17, 15) is 13.6 Å². The van der Waals surface area contributed by atoms with Crippen LogP contribution in [0.3, 0.4) is 0 Å². The zero-order chi connectivity index (χ0) is 32.7. The van der Waals surface area contributed by atoms with Crippen molar-refractivity contribution < 1.29 is 22.7 Å². The molecule has 0 aliphatic carbocycles. The zero-order valence-corrected chi connectivity index (χ0v) is 25.5. The van der Waals surface area contributed by atoms with Crippen molar-refractivity contribution in [3.05, 3.63) is 82.8 Å². The lowest BCUT2D eigenvalue weighted by atomic mass is 9.96. The number of hydrogen-bond acceptors (Lipinski definition) is 8. The molecule has 4 heterocycles. The summed E-state index contributed by atoms with van der Waals surface area (Å²) in [7, 11) is 3.17. The maximum atomic E-state index is 16.4. The van der Waals surface area contributed by atoms with Crippen LogP contribution in [0, 0.1) is 43.6 Å². The van der Waals surface area contributed by atoms with Gasteiger partial charge in [-0.05, 0) is 37.8 Å². The second kappa shape index (κ2) is 12.1. The van der Waals surface area contributed by atoms with Crippen LogP contribution in [-0.2, 0) is 4.79 Å². The Hall–Kier alpha value is -5.57. The Balaban J connectivity index is 1.33. The predicted molar refractivity (Wildman–Crippen MR) is 169 cm³/mol. The van der Waals surface area contributed by atoms with Crippen LogP contribution in [0.4, 0.5) is 19.0 Å². The van der Waals surface area contributed by atoms with Gasteiger partial charge in [0.1, 0.15) is 34.4 Å². The second-order valence-corrected chi connectivity index (χ2v) is 10.9. The zero-order valence-electron chi connectivity index (χ0n) is 25.5. The lowest BCUT2D eigenvalue weighted by molar-refractivity contribution is -0.124. The molecule has 2 aromatic carbocycles. The number of anilines is 1. The monoisotopic (exact) mass is 623 g/mol. The lowest BCUT2D eigenvalue weighted by Crippen LogP contribution is -2.36. The molecule has 1 fully saturated rings. The molecule has 1 atom stereocenters. The lowest BCUT2D eigenvalue weighted by Gasteiger charge is -2.27. The van der Waals surface area contributed by atoms with Crippen LogP contribution in [0.1, 0.15) is 29.2 Å². The average Bonchev–Trinajstić information content (AvgIpc) is 3.55. The Kier molecular flexibility index (Phi) is 8.00. The molecule has 5 aromatic rings. The van der Waals surface area contributed by atoms with Gasteiger partial charge in [0.05, 0.1) is 23.8 Å². The number of aromatic nitrogens is 5. The van der Waals surface area contributed by atoms with Gasteiger partial charge >= 0.3 is 6.01 Å². The van der Waals surface area contributed by atoms with Crippen LogP contribution in [-0.4, -0.2) is 69.0 Å². The molecule has 12 heteroatoms. The smallest absolute Gasteiger partial charge is 0.318 e. The van der Waals surface area contributed by atoms with Crippen molar-refractivity contribution in [2.75, 3.05) is 32.1 Å². The van der Waals surface area contributed by atoms with Gasteiger partial charge in [-0.1, -0.05) is 30.2 Å². The molecule has 0 bridgehead atoms. The summed E-state index contributed by atoms with van der Waals surface area (Å²) in [6, 6.07) is 7.71. The van der Waals surface area contributed by atoms with Crippen molar-refractivity contribution in [3.63, 3.8) is 0 Å². The quantitative estimate of drug-likeness (QED) is 0.183. The number of benzene rings is 2. The van der Waals surface area contributed by atoms with Gasteiger partial charge in [0.25, 0.3) is 0 Å². The predicted octanol–water partition coefficient (Wildman–Crippen LogP) is 5.41. The molecular formula is C34H28F3N7O2. The third-order valence-electron chi connectivity index (χ3n) is 8.12. The highest BCUT2D eigenvalue weighted by Gasteiger charge is 2.31. The number of likely N-dealkylation sites (tertiary alicyclic amines) is 1. The number of halogens is 3. The highest BCUT2D eigenvalue weighted by molar-refractivity contribution is 6.02. The summed E-state index contributed by atoms with van der Waals surface area (Å²) in [5.74, 6) is 0.924. The van der Waals surface area contributed by atoms with E-state index in [1.165, 1.54) is 38.4 Å². The first kappa shape index (κ1) is 30.5. The minimum Gasteiger partial charge on any atom is -0.467 e. The number of carbonyl (C=O) groups excluding carboxylic acids is 1. The van der Waals surface area contributed by atoms with Crippen molar-refractivity contribution in [2.45, 2.75) is 26.3 Å². The van der Waals surface area contributed by atoms with Gasteiger partial charge in [-0.15, -0.1) is 6.42 Å². The van der Waals surface area contributed by atoms with E-state index in [1.807, 2.05) is 4.90 Å². The van der Waals surface area contributed by atoms with Gasteiger partial charge in [0.15, 0.2) is 11.6 Å². The van der Waals surface area contributed by atoms with E-state index in [2.05, 4.69) is 30.8 Å². The number of amides is 1. The minimum atomic E-state index is -0.747. The number of carbonyl (C=O) groups is 1. The summed E-state index contributed by atoms with van der Waals surface area (Å²) < 4.78 is 50.8. The summed E-state index contributed by atoms with van der Waals surface area (Å²) >= 11 is 0. The van der Waals surface area contributed by atoms with E-state index in [-0.39, 0.29) is 46.1 Å². The number of ether oxygens (including phenoxy) is 1. The van der Waals surface area contributed by atoms with Crippen LogP contribution in [0.25, 0.3) is 39.0 Å². The normalized spacial score (nSPS) is 14.7. The molecule has 9 nitrogen and oxygen atoms in total. The fourth-order valence-corrected chi connectivity index (χ4v) is 5.78. The molecule has 0 spiro atoms. The summed E-state index contributed by atoms with van der Waals surface area (Å²) in [6.45, 7) is 3.97. The topological polar surface area (TPSA) is 97.2 Å². The molecule has 0 radical (unpaired) electrons. The first-order valence-corrected chi connectivity index (χ1v) is 14.4. The van der Waals surface area contributed by atoms with Crippen LogP contribution in [0.15, 0.2) is 42.6 Å². The average molecular weight is 624 g/mol. The fourth-order valence-electron chi connectivity index (χ4n) is 5.78. The molecule has 1 unspecified atom stereocenters. The van der Waals surface area contributed by atoms with Crippen molar-refractivity contribution in [3.8, 4) is 29.6 Å². The highest BCUT2D eigenvalue weighted by Crippen LogP contribution is 2.37. The Labute approximate surface area is 262 Å². The van der Waals surface area contributed by atoms with E-state index >= 15 is 4.39 Å². The number of nitrogens with zero attached hydrogens (tertiary/aromatic N) is 7. The van der Waals surface area contributed by atoms with Gasteiger partial charge < -0.3 is 14.5 Å². The summed E-state index contributed by atoms with van der Waals surface area (Å²) in [4.78, 5) is 37.8. The molecule has 1 amide bonds. The molecule has 46 heavy (non-hydrogen) atoms. The number of likely N-dealkylation sites (N-methyl/N-ethyl adjacent to an activating group) is 1. The third-order valence-corrected chi connectivity index (χ3v) is 8.12. The molecule has 0 saturated carbocycles. The van der Waals surface area contributed by atoms with Gasteiger partial charge in [-0.2, -0.15) is 9.97 Å². The van der Waals surface area contributed by atoms with Gasteiger partial charge in [0.2, 0.25) is 5.91 Å². The largest absolute Gasteiger partial charge is 0.467 e. The molecule has 1 aliphatic rings. The number of terminal acetylenes is 1. The van der Waals surface area contributed by atoms with Crippen molar-refractivity contribution in [2.24, 2.45) is 0 Å². The first-order chi connectivity index (χ1) is 22.1. The number of rotatable bonds is 6. The molecule has 1 saturated heterocycles. The summed E-state index contributed by atoms with van der Waals surface area (Å²) in [5.41, 5.74) is 0.491. The van der Waals surface area contributed by atoms with Crippen molar-refractivity contribution in [1.82, 2.24) is 29.8 Å². The molecule has 6 rings (SSSR count). The van der Waals surface area contributed by atoms with Gasteiger partial charge in [-0.3, -0.25) is 9.78 Å². The Morgan fingerprint density at radius 2 is 1.91 bits per heavy atom. The fraction of sp³-hybridized carbons (Fsp3) is 0.235. The number of fused-ring (bicyclic) bond motifs is 2. The number of pyridine rings is 1. The van der Waals surface area contributed by atoms with Crippen LogP contribution < -0.4 is 9.64 Å².